The van der Waals surface area contributed by atoms with Crippen LogP contribution in [0.5, 0.6) is 17.2 Å². The Bertz CT molecular complexity index is 1480. The van der Waals surface area contributed by atoms with Gasteiger partial charge in [-0.1, -0.05) is 53.3 Å². The molecular formula is C27H27ClN4O4S. The first-order valence-electron chi connectivity index (χ1n) is 11.7. The summed E-state index contributed by atoms with van der Waals surface area (Å²) in [7, 11) is 6.74. The van der Waals surface area contributed by atoms with Gasteiger partial charge in [-0.05, 0) is 41.3 Å². The number of benzene rings is 2. The molecule has 0 amide bonds. The fraction of sp³-hybridized carbons (Fsp3) is 0.259. The van der Waals surface area contributed by atoms with Crippen LogP contribution in [0.25, 0.3) is 11.6 Å². The van der Waals surface area contributed by atoms with Crippen molar-refractivity contribution in [1.82, 2.24) is 15.2 Å². The number of methoxy groups -OCH3 is 3. The van der Waals surface area contributed by atoms with E-state index in [0.29, 0.717) is 46.6 Å². The Kier molecular flexibility index (Phi) is 6.99. The van der Waals surface area contributed by atoms with Crippen LogP contribution in [0.1, 0.15) is 39.6 Å². The summed E-state index contributed by atoms with van der Waals surface area (Å²) in [6.45, 7) is 0.696. The van der Waals surface area contributed by atoms with Crippen molar-refractivity contribution in [2.45, 2.75) is 18.9 Å². The number of halogens is 1. The molecule has 5 rings (SSSR count). The van der Waals surface area contributed by atoms with Gasteiger partial charge < -0.3 is 19.1 Å². The van der Waals surface area contributed by atoms with E-state index in [1.165, 1.54) is 16.9 Å². The van der Waals surface area contributed by atoms with E-state index in [1.54, 1.807) is 21.3 Å². The monoisotopic (exact) mass is 538 g/mol. The van der Waals surface area contributed by atoms with Gasteiger partial charge in [-0.3, -0.25) is 15.0 Å². The van der Waals surface area contributed by atoms with E-state index in [9.17, 15) is 4.79 Å². The number of allylic oxidation sites excluding steroid dienone is 1. The highest BCUT2D eigenvalue weighted by atomic mass is 35.5. The minimum atomic E-state index is -0.270. The SMILES string of the molecule is COc1cc(C2=Cc3[nH][nH]c(=O)c3C(c3sc(N(C)Cc4ccccc4)nc3Cl)C2)cc(OC)c1OC. The number of aromatic nitrogens is 3. The predicted octanol–water partition coefficient (Wildman–Crippen LogP) is 5.55. The van der Waals surface area contributed by atoms with E-state index >= 15 is 0 Å². The summed E-state index contributed by atoms with van der Waals surface area (Å²) in [6, 6.07) is 14.0. The van der Waals surface area contributed by atoms with Crippen LogP contribution < -0.4 is 24.7 Å². The molecule has 0 radical (unpaired) electrons. The molecule has 4 aromatic rings. The van der Waals surface area contributed by atoms with Gasteiger partial charge in [0.1, 0.15) is 5.15 Å². The third-order valence-electron chi connectivity index (χ3n) is 6.48. The van der Waals surface area contributed by atoms with E-state index in [0.717, 1.165) is 21.1 Å². The van der Waals surface area contributed by atoms with Crippen LogP contribution in [-0.4, -0.2) is 43.6 Å². The molecular weight excluding hydrogens is 512 g/mol. The molecule has 2 aromatic carbocycles. The number of hydrogen-bond acceptors (Lipinski definition) is 7. The van der Waals surface area contributed by atoms with Crippen LogP contribution in [0, 0.1) is 0 Å². The largest absolute Gasteiger partial charge is 0.493 e. The van der Waals surface area contributed by atoms with Gasteiger partial charge in [-0.2, -0.15) is 0 Å². The average molecular weight is 539 g/mol. The Morgan fingerprint density at radius 1 is 1.08 bits per heavy atom. The molecule has 1 aliphatic carbocycles. The molecule has 2 heterocycles. The van der Waals surface area contributed by atoms with Crippen molar-refractivity contribution in [3.8, 4) is 17.2 Å². The summed E-state index contributed by atoms with van der Waals surface area (Å²) in [5.74, 6) is 1.37. The Labute approximate surface area is 223 Å². The number of aromatic amines is 2. The summed E-state index contributed by atoms with van der Waals surface area (Å²) in [5, 5.41) is 6.95. The first kappa shape index (κ1) is 25.0. The van der Waals surface area contributed by atoms with Crippen LogP contribution in [0.3, 0.4) is 0 Å². The van der Waals surface area contributed by atoms with Gasteiger partial charge in [-0.15, -0.1) is 0 Å². The number of nitrogens with one attached hydrogen (secondary N) is 2. The summed E-state index contributed by atoms with van der Waals surface area (Å²) < 4.78 is 16.6. The summed E-state index contributed by atoms with van der Waals surface area (Å²) in [5.41, 5.74) is 4.27. The molecule has 1 unspecified atom stereocenters. The molecule has 2 aromatic heterocycles. The standard InChI is InChI=1S/C27H27ClN4O4S/c1-32(14-15-8-6-5-7-9-15)27-29-25(28)24(37-27)18-10-16(11-19-22(18)26(33)31-30-19)17-12-20(34-2)23(36-4)21(13-17)35-3/h5-9,11-13,18H,10,14H2,1-4H3,(H2,30,31,33). The van der Waals surface area contributed by atoms with Crippen molar-refractivity contribution < 1.29 is 14.2 Å². The van der Waals surface area contributed by atoms with Gasteiger partial charge >= 0.3 is 0 Å². The van der Waals surface area contributed by atoms with Crippen molar-refractivity contribution in [1.29, 1.82) is 0 Å². The van der Waals surface area contributed by atoms with Gasteiger partial charge in [0.25, 0.3) is 5.56 Å². The number of rotatable bonds is 8. The Morgan fingerprint density at radius 3 is 2.43 bits per heavy atom. The predicted molar refractivity (Wildman–Crippen MR) is 148 cm³/mol. The Morgan fingerprint density at radius 2 is 1.78 bits per heavy atom. The highest BCUT2D eigenvalue weighted by molar-refractivity contribution is 7.16. The molecule has 0 saturated heterocycles. The van der Waals surface area contributed by atoms with Gasteiger partial charge in [0.2, 0.25) is 5.75 Å². The lowest BCUT2D eigenvalue weighted by Gasteiger charge is -2.23. The normalized spacial score (nSPS) is 14.6. The second kappa shape index (κ2) is 10.4. The van der Waals surface area contributed by atoms with Crippen molar-refractivity contribution >= 4 is 39.7 Å². The third-order valence-corrected chi connectivity index (χ3v) is 8.16. The van der Waals surface area contributed by atoms with Crippen LogP contribution in [0.4, 0.5) is 5.13 Å². The number of thiazole rings is 1. The van der Waals surface area contributed by atoms with Crippen LogP contribution in [0.15, 0.2) is 47.3 Å². The minimum absolute atomic E-state index is 0.163. The van der Waals surface area contributed by atoms with Gasteiger partial charge in [0.15, 0.2) is 16.6 Å². The Hall–Kier alpha value is -3.69. The lowest BCUT2D eigenvalue weighted by molar-refractivity contribution is 0.324. The molecule has 8 nitrogen and oxygen atoms in total. The second-order valence-corrected chi connectivity index (χ2v) is 10.1. The molecule has 0 aliphatic heterocycles. The summed E-state index contributed by atoms with van der Waals surface area (Å²) >= 11 is 8.22. The summed E-state index contributed by atoms with van der Waals surface area (Å²) in [4.78, 5) is 20.4. The quantitative estimate of drug-likeness (QED) is 0.305. The first-order valence-corrected chi connectivity index (χ1v) is 12.9. The Balaban J connectivity index is 1.53. The fourth-order valence-electron chi connectivity index (χ4n) is 4.69. The number of ether oxygens (including phenoxy) is 3. The number of fused-ring (bicyclic) bond motifs is 1. The van der Waals surface area contributed by atoms with E-state index in [-0.39, 0.29) is 11.5 Å². The maximum atomic E-state index is 12.8. The molecule has 1 aliphatic rings. The average Bonchev–Trinajstić information content (AvgIpc) is 3.50. The van der Waals surface area contributed by atoms with Gasteiger partial charge in [-0.25, -0.2) is 4.98 Å². The van der Waals surface area contributed by atoms with Crippen LogP contribution in [0.2, 0.25) is 5.15 Å². The smallest absolute Gasteiger partial charge is 0.268 e. The number of H-pyrrole nitrogens is 2. The molecule has 0 saturated carbocycles. The molecule has 1 atom stereocenters. The topological polar surface area (TPSA) is 92.5 Å². The first-order chi connectivity index (χ1) is 17.9. The minimum Gasteiger partial charge on any atom is -0.493 e. The van der Waals surface area contributed by atoms with Crippen molar-refractivity contribution in [3.05, 3.63) is 85.2 Å². The van der Waals surface area contributed by atoms with Crippen molar-refractivity contribution in [2.24, 2.45) is 0 Å². The van der Waals surface area contributed by atoms with Gasteiger partial charge in [0.05, 0.1) is 37.5 Å². The number of nitrogens with zero attached hydrogens (tertiary/aromatic N) is 2. The molecule has 0 spiro atoms. The highest BCUT2D eigenvalue weighted by Gasteiger charge is 2.32. The zero-order valence-electron chi connectivity index (χ0n) is 20.9. The molecule has 0 fully saturated rings. The molecule has 0 bridgehead atoms. The van der Waals surface area contributed by atoms with Crippen LogP contribution >= 0.6 is 22.9 Å². The molecule has 10 heteroatoms. The van der Waals surface area contributed by atoms with Crippen LogP contribution in [-0.2, 0) is 6.54 Å². The van der Waals surface area contributed by atoms with Crippen molar-refractivity contribution in [2.75, 3.05) is 33.3 Å². The molecule has 37 heavy (non-hydrogen) atoms. The lowest BCUT2D eigenvalue weighted by Crippen LogP contribution is -2.16. The number of hydrogen-bond donors (Lipinski definition) is 2. The third kappa shape index (κ3) is 4.72. The van der Waals surface area contributed by atoms with E-state index in [4.69, 9.17) is 25.8 Å². The van der Waals surface area contributed by atoms with Gasteiger partial charge in [0, 0.05) is 19.5 Å². The van der Waals surface area contributed by atoms with Crippen molar-refractivity contribution in [3.63, 3.8) is 0 Å². The second-order valence-electron chi connectivity index (χ2n) is 8.74. The maximum Gasteiger partial charge on any atom is 0.268 e. The van der Waals surface area contributed by atoms with E-state index in [2.05, 4.69) is 32.2 Å². The van der Waals surface area contributed by atoms with E-state index < -0.39 is 0 Å². The number of anilines is 1. The lowest BCUT2D eigenvalue weighted by atomic mass is 9.83. The summed E-state index contributed by atoms with van der Waals surface area (Å²) in [6.07, 6.45) is 2.53. The molecule has 192 valence electrons. The van der Waals surface area contributed by atoms with E-state index in [1.807, 2.05) is 43.5 Å². The zero-order chi connectivity index (χ0) is 26.1. The maximum absolute atomic E-state index is 12.8. The zero-order valence-corrected chi connectivity index (χ0v) is 22.5. The highest BCUT2D eigenvalue weighted by Crippen LogP contribution is 2.48. The molecule has 2 N–H and O–H groups in total. The fourth-order valence-corrected chi connectivity index (χ4v) is 6.10.